The lowest BCUT2D eigenvalue weighted by atomic mass is 10.1. The first-order valence-electron chi connectivity index (χ1n) is 6.84. The number of ether oxygens (including phenoxy) is 1. The molecule has 20 heavy (non-hydrogen) atoms. The third-order valence-electron chi connectivity index (χ3n) is 3.48. The quantitative estimate of drug-likeness (QED) is 0.867. The Morgan fingerprint density at radius 2 is 1.95 bits per heavy atom. The van der Waals surface area contributed by atoms with Crippen molar-refractivity contribution in [2.24, 2.45) is 0 Å². The summed E-state index contributed by atoms with van der Waals surface area (Å²) in [5, 5.41) is 13.3. The molecule has 0 radical (unpaired) electrons. The summed E-state index contributed by atoms with van der Waals surface area (Å²) in [7, 11) is 1.63. The molecular formula is C17H21NO2. The van der Waals surface area contributed by atoms with Gasteiger partial charge in [0, 0.05) is 17.8 Å². The van der Waals surface area contributed by atoms with Crippen molar-refractivity contribution in [2.45, 2.75) is 26.8 Å². The maximum Gasteiger partial charge on any atom is 0.120 e. The second-order valence-corrected chi connectivity index (χ2v) is 4.81. The molecule has 2 N–H and O–H groups in total. The minimum absolute atomic E-state index is 0.282. The van der Waals surface area contributed by atoms with Gasteiger partial charge < -0.3 is 15.2 Å². The van der Waals surface area contributed by atoms with E-state index in [1.165, 1.54) is 11.1 Å². The summed E-state index contributed by atoms with van der Waals surface area (Å²) in [6.07, 6.45) is 0.980. The highest BCUT2D eigenvalue weighted by Gasteiger charge is 2.07. The monoisotopic (exact) mass is 271 g/mol. The number of aromatic hydroxyl groups is 1. The van der Waals surface area contributed by atoms with E-state index in [2.05, 4.69) is 37.4 Å². The summed E-state index contributed by atoms with van der Waals surface area (Å²) in [5.41, 5.74) is 4.48. The van der Waals surface area contributed by atoms with Crippen molar-refractivity contribution in [3.05, 3.63) is 53.1 Å². The Hall–Kier alpha value is -2.16. The zero-order valence-corrected chi connectivity index (χ0v) is 12.2. The zero-order valence-electron chi connectivity index (χ0n) is 12.2. The van der Waals surface area contributed by atoms with Crippen LogP contribution in [-0.4, -0.2) is 12.2 Å². The van der Waals surface area contributed by atoms with Crippen LogP contribution in [-0.2, 0) is 13.0 Å². The summed E-state index contributed by atoms with van der Waals surface area (Å²) >= 11 is 0. The standard InChI is InChI=1S/C17H21NO2/c1-4-13-7-5-6-12(2)17(13)18-11-14-10-15(20-3)8-9-16(14)19/h5-10,18-19H,4,11H2,1-3H3. The summed E-state index contributed by atoms with van der Waals surface area (Å²) in [6, 6.07) is 11.6. The van der Waals surface area contributed by atoms with E-state index >= 15 is 0 Å². The number of nitrogens with one attached hydrogen (secondary N) is 1. The van der Waals surface area contributed by atoms with Crippen LogP contribution in [0.3, 0.4) is 0 Å². The van der Waals surface area contributed by atoms with Crippen LogP contribution in [0.5, 0.6) is 11.5 Å². The van der Waals surface area contributed by atoms with Gasteiger partial charge in [0.25, 0.3) is 0 Å². The predicted octanol–water partition coefficient (Wildman–Crippen LogP) is 3.88. The smallest absolute Gasteiger partial charge is 0.120 e. The molecule has 0 aliphatic carbocycles. The maximum atomic E-state index is 9.91. The summed E-state index contributed by atoms with van der Waals surface area (Å²) in [5.74, 6) is 1.03. The van der Waals surface area contributed by atoms with E-state index < -0.39 is 0 Å². The van der Waals surface area contributed by atoms with Gasteiger partial charge in [0.2, 0.25) is 0 Å². The topological polar surface area (TPSA) is 41.5 Å². The van der Waals surface area contributed by atoms with Crippen molar-refractivity contribution in [3.63, 3.8) is 0 Å². The molecule has 106 valence electrons. The van der Waals surface area contributed by atoms with Gasteiger partial charge in [-0.3, -0.25) is 0 Å². The maximum absolute atomic E-state index is 9.91. The van der Waals surface area contributed by atoms with Crippen molar-refractivity contribution < 1.29 is 9.84 Å². The minimum atomic E-state index is 0.282. The molecule has 3 nitrogen and oxygen atoms in total. The fraction of sp³-hybridized carbons (Fsp3) is 0.294. The highest BCUT2D eigenvalue weighted by Crippen LogP contribution is 2.26. The van der Waals surface area contributed by atoms with Gasteiger partial charge in [-0.1, -0.05) is 25.1 Å². The molecule has 0 bridgehead atoms. The number of para-hydroxylation sites is 1. The van der Waals surface area contributed by atoms with Crippen LogP contribution in [0.25, 0.3) is 0 Å². The Balaban J connectivity index is 2.21. The lowest BCUT2D eigenvalue weighted by molar-refractivity contribution is 0.411. The summed E-state index contributed by atoms with van der Waals surface area (Å²) < 4.78 is 5.19. The van der Waals surface area contributed by atoms with Crippen LogP contribution in [0.2, 0.25) is 0 Å². The van der Waals surface area contributed by atoms with Crippen molar-refractivity contribution in [1.29, 1.82) is 0 Å². The van der Waals surface area contributed by atoms with Gasteiger partial charge >= 0.3 is 0 Å². The van der Waals surface area contributed by atoms with E-state index in [0.29, 0.717) is 6.54 Å². The molecule has 0 saturated heterocycles. The first kappa shape index (κ1) is 14.3. The number of phenolic OH excluding ortho intramolecular Hbond substituents is 1. The Morgan fingerprint density at radius 1 is 1.15 bits per heavy atom. The van der Waals surface area contributed by atoms with Crippen molar-refractivity contribution in [1.82, 2.24) is 0 Å². The molecule has 3 heteroatoms. The van der Waals surface area contributed by atoms with Crippen LogP contribution in [0.1, 0.15) is 23.6 Å². The normalized spacial score (nSPS) is 10.3. The van der Waals surface area contributed by atoms with Crippen LogP contribution in [0.15, 0.2) is 36.4 Å². The molecule has 0 aliphatic rings. The lowest BCUT2D eigenvalue weighted by Crippen LogP contribution is -2.04. The van der Waals surface area contributed by atoms with Gasteiger partial charge in [-0.25, -0.2) is 0 Å². The number of benzene rings is 2. The Morgan fingerprint density at radius 3 is 2.65 bits per heavy atom. The highest BCUT2D eigenvalue weighted by molar-refractivity contribution is 5.58. The predicted molar refractivity (Wildman–Crippen MR) is 82.5 cm³/mol. The van der Waals surface area contributed by atoms with Gasteiger partial charge in [0.1, 0.15) is 11.5 Å². The van der Waals surface area contributed by atoms with Gasteiger partial charge in [-0.15, -0.1) is 0 Å². The fourth-order valence-electron chi connectivity index (χ4n) is 2.29. The van der Waals surface area contributed by atoms with Gasteiger partial charge in [0.05, 0.1) is 7.11 Å². The molecule has 2 rings (SSSR count). The summed E-state index contributed by atoms with van der Waals surface area (Å²) in [6.45, 7) is 4.80. The molecule has 0 amide bonds. The van der Waals surface area contributed by atoms with Crippen molar-refractivity contribution >= 4 is 5.69 Å². The molecule has 0 fully saturated rings. The Labute approximate surface area is 120 Å². The molecule has 0 spiro atoms. The molecule has 2 aromatic carbocycles. The van der Waals surface area contributed by atoms with Gasteiger partial charge in [-0.05, 0) is 42.7 Å². The van der Waals surface area contributed by atoms with Crippen LogP contribution in [0.4, 0.5) is 5.69 Å². The largest absolute Gasteiger partial charge is 0.508 e. The Kier molecular flexibility index (Phi) is 4.51. The van der Waals surface area contributed by atoms with E-state index in [0.717, 1.165) is 23.4 Å². The molecule has 0 unspecified atom stereocenters. The van der Waals surface area contributed by atoms with Gasteiger partial charge in [-0.2, -0.15) is 0 Å². The number of hydrogen-bond donors (Lipinski definition) is 2. The number of hydrogen-bond acceptors (Lipinski definition) is 3. The van der Waals surface area contributed by atoms with E-state index in [-0.39, 0.29) is 5.75 Å². The van der Waals surface area contributed by atoms with Crippen LogP contribution in [0, 0.1) is 6.92 Å². The fourth-order valence-corrected chi connectivity index (χ4v) is 2.29. The van der Waals surface area contributed by atoms with Crippen LogP contribution >= 0.6 is 0 Å². The number of aryl methyl sites for hydroxylation is 2. The zero-order chi connectivity index (χ0) is 14.5. The van der Waals surface area contributed by atoms with E-state index in [9.17, 15) is 5.11 Å². The molecule has 0 atom stereocenters. The molecule has 0 heterocycles. The third-order valence-corrected chi connectivity index (χ3v) is 3.48. The second-order valence-electron chi connectivity index (χ2n) is 4.81. The van der Waals surface area contributed by atoms with Crippen LogP contribution < -0.4 is 10.1 Å². The molecule has 2 aromatic rings. The third kappa shape index (κ3) is 3.05. The number of phenols is 1. The molecular weight excluding hydrogens is 250 g/mol. The minimum Gasteiger partial charge on any atom is -0.508 e. The first-order chi connectivity index (χ1) is 9.65. The second kappa shape index (κ2) is 6.33. The van der Waals surface area contributed by atoms with E-state index in [1.54, 1.807) is 19.2 Å². The number of anilines is 1. The average molecular weight is 271 g/mol. The lowest BCUT2D eigenvalue weighted by Gasteiger charge is -2.15. The number of rotatable bonds is 5. The molecule has 0 aromatic heterocycles. The molecule has 0 saturated carbocycles. The average Bonchev–Trinajstić information content (AvgIpc) is 2.47. The number of methoxy groups -OCH3 is 1. The first-order valence-corrected chi connectivity index (χ1v) is 6.84. The van der Waals surface area contributed by atoms with E-state index in [1.807, 2.05) is 6.07 Å². The summed E-state index contributed by atoms with van der Waals surface area (Å²) in [4.78, 5) is 0. The van der Waals surface area contributed by atoms with Gasteiger partial charge in [0.15, 0.2) is 0 Å². The van der Waals surface area contributed by atoms with Crippen molar-refractivity contribution in [2.75, 3.05) is 12.4 Å². The highest BCUT2D eigenvalue weighted by atomic mass is 16.5. The molecule has 0 aliphatic heterocycles. The SMILES string of the molecule is CCc1cccc(C)c1NCc1cc(OC)ccc1O. The van der Waals surface area contributed by atoms with E-state index in [4.69, 9.17) is 4.74 Å². The van der Waals surface area contributed by atoms with Crippen molar-refractivity contribution in [3.8, 4) is 11.5 Å². The Bertz CT molecular complexity index is 594.